The van der Waals surface area contributed by atoms with Gasteiger partial charge in [0.05, 0.1) is 12.1 Å². The summed E-state index contributed by atoms with van der Waals surface area (Å²) in [5.74, 6) is -0.683. The molecule has 1 aliphatic rings. The van der Waals surface area contributed by atoms with Gasteiger partial charge in [-0.05, 0) is 31.9 Å². The number of imidazole rings is 1. The Kier molecular flexibility index (Phi) is 2.54. The number of carbonyl (C=O) groups is 1. The number of carbonyl (C=O) groups excluding carboxylic acids is 1. The summed E-state index contributed by atoms with van der Waals surface area (Å²) in [7, 11) is 0. The van der Waals surface area contributed by atoms with Crippen LogP contribution in [0.5, 0.6) is 0 Å². The number of halogens is 1. The average molecular weight is 248 g/mol. The van der Waals surface area contributed by atoms with E-state index in [1.165, 1.54) is 6.07 Å². The highest BCUT2D eigenvalue weighted by atomic mass is 19.1. The van der Waals surface area contributed by atoms with Gasteiger partial charge in [0.15, 0.2) is 5.82 Å². The predicted octanol–water partition coefficient (Wildman–Crippen LogP) is 2.69. The molecule has 3 rings (SSSR count). The first-order chi connectivity index (χ1) is 8.72. The third kappa shape index (κ3) is 1.66. The summed E-state index contributed by atoms with van der Waals surface area (Å²) >= 11 is 0. The van der Waals surface area contributed by atoms with Crippen LogP contribution >= 0.6 is 0 Å². The van der Waals surface area contributed by atoms with Gasteiger partial charge in [0.2, 0.25) is 5.82 Å². The summed E-state index contributed by atoms with van der Waals surface area (Å²) in [4.78, 5) is 16.0. The number of rotatable bonds is 3. The van der Waals surface area contributed by atoms with Crippen LogP contribution in [0.3, 0.4) is 0 Å². The fourth-order valence-electron chi connectivity index (χ4n) is 2.12. The minimum Gasteiger partial charge on any atom is -0.460 e. The zero-order chi connectivity index (χ0) is 12.7. The fraction of sp³-hybridized carbons (Fsp3) is 0.385. The van der Waals surface area contributed by atoms with Crippen molar-refractivity contribution in [1.82, 2.24) is 9.55 Å². The van der Waals surface area contributed by atoms with Gasteiger partial charge in [0.25, 0.3) is 0 Å². The lowest BCUT2D eigenvalue weighted by Gasteiger charge is -2.06. The maximum atomic E-state index is 13.7. The smallest absolute Gasteiger partial charge is 0.374 e. The van der Waals surface area contributed by atoms with Gasteiger partial charge < -0.3 is 9.30 Å². The highest BCUT2D eigenvalue weighted by Crippen LogP contribution is 2.39. The molecule has 0 radical (unpaired) electrons. The van der Waals surface area contributed by atoms with Crippen LogP contribution < -0.4 is 0 Å². The van der Waals surface area contributed by atoms with Gasteiger partial charge in [-0.2, -0.15) is 0 Å². The number of esters is 1. The average Bonchev–Trinajstić information content (AvgIpc) is 3.10. The normalized spacial score (nSPS) is 15.0. The summed E-state index contributed by atoms with van der Waals surface area (Å²) in [5.41, 5.74) is 0.910. The second kappa shape index (κ2) is 4.08. The Bertz CT molecular complexity index is 617. The van der Waals surface area contributed by atoms with Gasteiger partial charge in [-0.1, -0.05) is 6.07 Å². The first-order valence-electron chi connectivity index (χ1n) is 6.06. The van der Waals surface area contributed by atoms with E-state index in [9.17, 15) is 9.18 Å². The minimum atomic E-state index is -0.486. The molecule has 1 aromatic carbocycles. The van der Waals surface area contributed by atoms with Crippen molar-refractivity contribution in [1.29, 1.82) is 0 Å². The van der Waals surface area contributed by atoms with Crippen LogP contribution in [0.25, 0.3) is 11.0 Å². The molecule has 1 saturated carbocycles. The molecule has 1 aromatic heterocycles. The molecule has 0 aliphatic heterocycles. The number of hydrogen-bond donors (Lipinski definition) is 0. The molecule has 1 aliphatic carbocycles. The van der Waals surface area contributed by atoms with E-state index in [0.717, 1.165) is 12.8 Å². The highest BCUT2D eigenvalue weighted by Gasteiger charge is 2.31. The van der Waals surface area contributed by atoms with Crippen molar-refractivity contribution in [2.45, 2.75) is 25.8 Å². The highest BCUT2D eigenvalue weighted by molar-refractivity contribution is 5.91. The van der Waals surface area contributed by atoms with E-state index in [2.05, 4.69) is 4.98 Å². The Hall–Kier alpha value is -1.91. The zero-order valence-electron chi connectivity index (χ0n) is 10.0. The summed E-state index contributed by atoms with van der Waals surface area (Å²) in [6.45, 7) is 2.03. The van der Waals surface area contributed by atoms with E-state index < -0.39 is 11.8 Å². The van der Waals surface area contributed by atoms with Crippen LogP contribution in [0.1, 0.15) is 36.4 Å². The van der Waals surface area contributed by atoms with E-state index in [1.807, 2.05) is 0 Å². The van der Waals surface area contributed by atoms with Crippen LogP contribution in [0.15, 0.2) is 18.2 Å². The number of para-hydroxylation sites is 1. The number of benzene rings is 1. The van der Waals surface area contributed by atoms with Gasteiger partial charge in [-0.3, -0.25) is 0 Å². The summed E-state index contributed by atoms with van der Waals surface area (Å²) < 4.78 is 20.5. The molecule has 4 nitrogen and oxygen atoms in total. The molecule has 0 unspecified atom stereocenters. The molecule has 5 heteroatoms. The van der Waals surface area contributed by atoms with Crippen LogP contribution in [-0.4, -0.2) is 22.1 Å². The molecule has 0 spiro atoms. The van der Waals surface area contributed by atoms with E-state index in [0.29, 0.717) is 5.52 Å². The summed E-state index contributed by atoms with van der Waals surface area (Å²) in [6, 6.07) is 5.01. The lowest BCUT2D eigenvalue weighted by Crippen LogP contribution is -2.12. The quantitative estimate of drug-likeness (QED) is 0.784. The lowest BCUT2D eigenvalue weighted by molar-refractivity contribution is 0.0507. The molecule has 0 bridgehead atoms. The third-order valence-corrected chi connectivity index (χ3v) is 3.04. The lowest BCUT2D eigenvalue weighted by atomic mass is 10.3. The monoisotopic (exact) mass is 248 g/mol. The Morgan fingerprint density at radius 1 is 1.56 bits per heavy atom. The van der Waals surface area contributed by atoms with Crippen LogP contribution in [0.2, 0.25) is 0 Å². The standard InChI is InChI=1S/C13H13FN2O2/c1-2-18-13(17)12-15-11-9(14)4-3-5-10(11)16(12)8-6-7-8/h3-5,8H,2,6-7H2,1H3. The third-order valence-electron chi connectivity index (χ3n) is 3.04. The maximum absolute atomic E-state index is 13.7. The van der Waals surface area contributed by atoms with Crippen molar-refractivity contribution >= 4 is 17.0 Å². The maximum Gasteiger partial charge on any atom is 0.374 e. The van der Waals surface area contributed by atoms with E-state index in [4.69, 9.17) is 4.74 Å². The Morgan fingerprint density at radius 3 is 3.00 bits per heavy atom. The summed E-state index contributed by atoms with van der Waals surface area (Å²) in [6.07, 6.45) is 1.99. The minimum absolute atomic E-state index is 0.208. The molecule has 0 N–H and O–H groups in total. The molecule has 0 amide bonds. The van der Waals surface area contributed by atoms with Gasteiger partial charge in [-0.15, -0.1) is 0 Å². The number of ether oxygens (including phenoxy) is 1. The number of fused-ring (bicyclic) bond motifs is 1. The number of nitrogens with zero attached hydrogens (tertiary/aromatic N) is 2. The first-order valence-corrected chi connectivity index (χ1v) is 6.06. The predicted molar refractivity (Wildman–Crippen MR) is 63.9 cm³/mol. The van der Waals surface area contributed by atoms with E-state index >= 15 is 0 Å². The Morgan fingerprint density at radius 2 is 2.33 bits per heavy atom. The number of hydrogen-bond acceptors (Lipinski definition) is 3. The fourth-order valence-corrected chi connectivity index (χ4v) is 2.12. The molecule has 0 saturated heterocycles. The van der Waals surface area contributed by atoms with Crippen LogP contribution in [0.4, 0.5) is 4.39 Å². The van der Waals surface area contributed by atoms with Gasteiger partial charge in [-0.25, -0.2) is 14.2 Å². The van der Waals surface area contributed by atoms with E-state index in [-0.39, 0.29) is 24.0 Å². The topological polar surface area (TPSA) is 44.1 Å². The SMILES string of the molecule is CCOC(=O)c1nc2c(F)cccc2n1C1CC1. The second-order valence-corrected chi connectivity index (χ2v) is 4.36. The zero-order valence-corrected chi connectivity index (χ0v) is 10.0. The van der Waals surface area contributed by atoms with Crippen molar-refractivity contribution in [2.24, 2.45) is 0 Å². The number of aromatic nitrogens is 2. The second-order valence-electron chi connectivity index (χ2n) is 4.36. The molecular formula is C13H13FN2O2. The van der Waals surface area contributed by atoms with E-state index in [1.54, 1.807) is 23.6 Å². The van der Waals surface area contributed by atoms with Gasteiger partial charge in [0.1, 0.15) is 5.52 Å². The molecule has 2 aromatic rings. The molecule has 94 valence electrons. The molecule has 1 fully saturated rings. The molecule has 18 heavy (non-hydrogen) atoms. The first kappa shape index (κ1) is 11.2. The van der Waals surface area contributed by atoms with Crippen molar-refractivity contribution in [3.63, 3.8) is 0 Å². The Balaban J connectivity index is 2.20. The summed E-state index contributed by atoms with van der Waals surface area (Å²) in [5, 5.41) is 0. The van der Waals surface area contributed by atoms with Crippen LogP contribution in [-0.2, 0) is 4.74 Å². The van der Waals surface area contributed by atoms with Crippen molar-refractivity contribution < 1.29 is 13.9 Å². The molecule has 0 atom stereocenters. The van der Waals surface area contributed by atoms with Gasteiger partial charge in [0, 0.05) is 6.04 Å². The van der Waals surface area contributed by atoms with Crippen LogP contribution in [0, 0.1) is 5.82 Å². The Labute approximate surface area is 103 Å². The van der Waals surface area contributed by atoms with Crippen molar-refractivity contribution in [2.75, 3.05) is 6.61 Å². The van der Waals surface area contributed by atoms with Crippen molar-refractivity contribution in [3.05, 3.63) is 29.8 Å². The molecule has 1 heterocycles. The molecular weight excluding hydrogens is 235 g/mol. The van der Waals surface area contributed by atoms with Gasteiger partial charge >= 0.3 is 5.97 Å². The largest absolute Gasteiger partial charge is 0.460 e. The van der Waals surface area contributed by atoms with Crippen molar-refractivity contribution in [3.8, 4) is 0 Å².